The topological polar surface area (TPSA) is 54.7 Å². The van der Waals surface area contributed by atoms with E-state index in [1.807, 2.05) is 6.92 Å². The van der Waals surface area contributed by atoms with Gasteiger partial charge in [0.2, 0.25) is 0 Å². The van der Waals surface area contributed by atoms with Crippen molar-refractivity contribution in [1.29, 1.82) is 0 Å². The second-order valence-corrected chi connectivity index (χ2v) is 6.89. The van der Waals surface area contributed by atoms with Crippen LogP contribution >= 0.6 is 11.6 Å². The van der Waals surface area contributed by atoms with E-state index in [4.69, 9.17) is 16.3 Å². The van der Waals surface area contributed by atoms with Gasteiger partial charge in [-0.05, 0) is 25.1 Å². The van der Waals surface area contributed by atoms with E-state index < -0.39 is 24.1 Å². The lowest BCUT2D eigenvalue weighted by Gasteiger charge is -2.27. The molecule has 0 radical (unpaired) electrons. The molecule has 2 heterocycles. The van der Waals surface area contributed by atoms with Crippen LogP contribution in [0.3, 0.4) is 0 Å². The number of benzene rings is 1. The summed E-state index contributed by atoms with van der Waals surface area (Å²) in [6, 6.07) is 2.62. The number of amidine groups is 1. The molecule has 11 heteroatoms. The molecule has 1 aromatic heterocycles. The minimum absolute atomic E-state index is 0.0367. The summed E-state index contributed by atoms with van der Waals surface area (Å²) in [6.07, 6.45) is -2.02. The van der Waals surface area contributed by atoms with Crippen molar-refractivity contribution in [1.82, 2.24) is 9.78 Å². The van der Waals surface area contributed by atoms with Gasteiger partial charge in [0.1, 0.15) is 11.5 Å². The van der Waals surface area contributed by atoms with Crippen LogP contribution in [-0.4, -0.2) is 34.9 Å². The van der Waals surface area contributed by atoms with E-state index in [0.717, 1.165) is 16.8 Å². The third-order valence-electron chi connectivity index (χ3n) is 4.35. The number of hydrogen-bond donors (Lipinski definition) is 1. The summed E-state index contributed by atoms with van der Waals surface area (Å²) >= 11 is 5.72. The first kappa shape index (κ1) is 20.2. The Morgan fingerprint density at radius 1 is 1.36 bits per heavy atom. The summed E-state index contributed by atoms with van der Waals surface area (Å²) in [4.78, 5) is 4.06. The van der Waals surface area contributed by atoms with Gasteiger partial charge in [-0.25, -0.2) is 22.8 Å². The molecule has 1 unspecified atom stereocenters. The predicted molar refractivity (Wildman–Crippen MR) is 97.9 cm³/mol. The Balaban J connectivity index is 1.85. The van der Waals surface area contributed by atoms with E-state index in [1.54, 1.807) is 6.92 Å². The van der Waals surface area contributed by atoms with Gasteiger partial charge in [0.25, 0.3) is 6.43 Å². The maximum absolute atomic E-state index is 14.7. The van der Waals surface area contributed by atoms with Crippen molar-refractivity contribution in [3.8, 4) is 0 Å². The quantitative estimate of drug-likeness (QED) is 0.566. The van der Waals surface area contributed by atoms with E-state index in [0.29, 0.717) is 0 Å². The molecule has 6 nitrogen and oxygen atoms in total. The maximum Gasteiger partial charge on any atom is 0.321 e. The molecule has 3 atom stereocenters. The molecule has 1 aliphatic heterocycles. The minimum atomic E-state index is -2.86. The fraction of sp³-hybridized carbons (Fsp3) is 0.412. The first-order chi connectivity index (χ1) is 13.3. The van der Waals surface area contributed by atoms with Gasteiger partial charge in [-0.1, -0.05) is 23.0 Å². The Labute approximate surface area is 163 Å². The summed E-state index contributed by atoms with van der Waals surface area (Å²) in [7, 11) is 0. The van der Waals surface area contributed by atoms with Crippen molar-refractivity contribution in [2.24, 2.45) is 10.9 Å². The Bertz CT molecular complexity index is 862. The van der Waals surface area contributed by atoms with Crippen LogP contribution in [-0.2, 0) is 4.74 Å². The Morgan fingerprint density at radius 2 is 2.11 bits per heavy atom. The van der Waals surface area contributed by atoms with E-state index >= 15 is 0 Å². The Kier molecular flexibility index (Phi) is 5.97. The number of nitrogens with zero attached hydrogens (tertiary/aromatic N) is 4. The molecule has 0 spiro atoms. The third-order valence-corrected chi connectivity index (χ3v) is 4.54. The summed E-state index contributed by atoms with van der Waals surface area (Å²) in [6.45, 7) is 3.91. The molecule has 28 heavy (non-hydrogen) atoms. The number of aromatic nitrogens is 2. The van der Waals surface area contributed by atoms with Crippen molar-refractivity contribution in [3.05, 3.63) is 41.4 Å². The second kappa shape index (κ2) is 8.26. The van der Waals surface area contributed by atoms with Crippen LogP contribution in [0.5, 0.6) is 0 Å². The van der Waals surface area contributed by atoms with Crippen LogP contribution in [0.25, 0.3) is 0 Å². The molecule has 152 valence electrons. The van der Waals surface area contributed by atoms with Crippen molar-refractivity contribution < 1.29 is 22.4 Å². The van der Waals surface area contributed by atoms with E-state index in [2.05, 4.69) is 15.4 Å². The van der Waals surface area contributed by atoms with E-state index in [1.165, 1.54) is 18.5 Å². The highest BCUT2D eigenvalue weighted by atomic mass is 35.5. The lowest BCUT2D eigenvalue weighted by Crippen LogP contribution is -2.35. The summed E-state index contributed by atoms with van der Waals surface area (Å²) in [5.41, 5.74) is -0.467. The largest absolute Gasteiger partial charge is 0.463 e. The lowest BCUT2D eigenvalue weighted by molar-refractivity contribution is 0.0898. The first-order valence-corrected chi connectivity index (χ1v) is 8.84. The molecule has 0 saturated carbocycles. The van der Waals surface area contributed by atoms with Gasteiger partial charge in [-0.15, -0.1) is 5.12 Å². The lowest BCUT2D eigenvalue weighted by atomic mass is 10.1. The third kappa shape index (κ3) is 4.32. The minimum Gasteiger partial charge on any atom is -0.463 e. The van der Waals surface area contributed by atoms with Crippen LogP contribution in [0.4, 0.5) is 29.0 Å². The van der Waals surface area contributed by atoms with Crippen molar-refractivity contribution in [2.45, 2.75) is 32.5 Å². The van der Waals surface area contributed by atoms with Gasteiger partial charge in [0.05, 0.1) is 23.9 Å². The van der Waals surface area contributed by atoms with Crippen LogP contribution < -0.4 is 10.4 Å². The zero-order valence-electron chi connectivity index (χ0n) is 15.0. The number of alkyl halides is 2. The van der Waals surface area contributed by atoms with Crippen molar-refractivity contribution in [2.75, 3.05) is 17.0 Å². The molecule has 0 aliphatic carbocycles. The second-order valence-electron chi connectivity index (χ2n) is 6.45. The van der Waals surface area contributed by atoms with E-state index in [9.17, 15) is 17.7 Å². The number of aliphatic imine (C=N–C) groups is 1. The maximum atomic E-state index is 14.7. The van der Waals surface area contributed by atoms with Crippen LogP contribution in [0.15, 0.2) is 35.6 Å². The zero-order chi connectivity index (χ0) is 20.4. The number of hydrogen-bond acceptors (Lipinski definition) is 5. The van der Waals surface area contributed by atoms with Gasteiger partial charge in [-0.3, -0.25) is 0 Å². The summed E-state index contributed by atoms with van der Waals surface area (Å²) in [5.74, 6) is -0.816. The van der Waals surface area contributed by atoms with Gasteiger partial charge in [0, 0.05) is 17.8 Å². The molecule has 0 bridgehead atoms. The SMILES string of the molecule is C[C@H]1COC(N(F)c2cc(NC(C(F)F)n3cc(Cl)cn3)ccc2F)=N[C@@H]1C. The molecular weight excluding hydrogens is 402 g/mol. The molecule has 0 amide bonds. The van der Waals surface area contributed by atoms with Crippen molar-refractivity contribution >= 4 is 29.0 Å². The Hall–Kier alpha value is -2.49. The molecule has 0 saturated heterocycles. The smallest absolute Gasteiger partial charge is 0.321 e. The molecule has 1 N–H and O–H groups in total. The standard InChI is InChI=1S/C17H18ClF4N5O/c1-9-8-28-17(24-10(9)2)27(22)14-5-12(3-4-13(14)19)25-16(15(20)21)26-7-11(18)6-23-26/h3-7,9-10,15-16,25H,8H2,1-2H3/t9-,10+,16?/m0/s1. The van der Waals surface area contributed by atoms with Gasteiger partial charge < -0.3 is 10.1 Å². The number of rotatable bonds is 5. The zero-order valence-corrected chi connectivity index (χ0v) is 15.7. The number of nitrogens with one attached hydrogen (secondary N) is 1. The number of halogens is 5. The molecule has 1 aliphatic rings. The van der Waals surface area contributed by atoms with Crippen LogP contribution in [0.2, 0.25) is 5.02 Å². The van der Waals surface area contributed by atoms with Gasteiger partial charge >= 0.3 is 6.02 Å². The predicted octanol–water partition coefficient (Wildman–Crippen LogP) is 4.65. The average molecular weight is 420 g/mol. The molecule has 1 aromatic carbocycles. The van der Waals surface area contributed by atoms with Gasteiger partial charge in [-0.2, -0.15) is 5.10 Å². The van der Waals surface area contributed by atoms with E-state index in [-0.39, 0.29) is 40.4 Å². The number of anilines is 2. The Morgan fingerprint density at radius 3 is 2.71 bits per heavy atom. The monoisotopic (exact) mass is 419 g/mol. The summed E-state index contributed by atoms with van der Waals surface area (Å²) < 4.78 is 61.9. The number of ether oxygens (including phenoxy) is 1. The van der Waals surface area contributed by atoms with Crippen LogP contribution in [0, 0.1) is 11.7 Å². The highest BCUT2D eigenvalue weighted by molar-refractivity contribution is 6.30. The average Bonchev–Trinajstić information content (AvgIpc) is 3.08. The highest BCUT2D eigenvalue weighted by Crippen LogP contribution is 2.29. The van der Waals surface area contributed by atoms with Gasteiger partial charge in [0.15, 0.2) is 6.17 Å². The fourth-order valence-corrected chi connectivity index (χ4v) is 2.67. The van der Waals surface area contributed by atoms with Crippen LogP contribution in [0.1, 0.15) is 20.0 Å². The molecular formula is C17H18ClF4N5O. The first-order valence-electron chi connectivity index (χ1n) is 8.46. The molecule has 2 aromatic rings. The molecule has 3 rings (SSSR count). The fourth-order valence-electron chi connectivity index (χ4n) is 2.53. The highest BCUT2D eigenvalue weighted by Gasteiger charge is 2.28. The normalized spacial score (nSPS) is 20.5. The van der Waals surface area contributed by atoms with Crippen molar-refractivity contribution in [3.63, 3.8) is 0 Å². The molecule has 0 fully saturated rings. The summed E-state index contributed by atoms with van der Waals surface area (Å²) in [5, 5.41) is 6.38.